The maximum absolute atomic E-state index is 13.1. The monoisotopic (exact) mass is 353 g/mol. The third-order valence-corrected chi connectivity index (χ3v) is 3.22. The number of carbonyl (C=O) groups is 1. The zero-order chi connectivity index (χ0) is 18.4. The first-order valence-electron chi connectivity index (χ1n) is 7.26. The van der Waals surface area contributed by atoms with E-state index in [1.165, 1.54) is 59.5 Å². The van der Waals surface area contributed by atoms with Crippen molar-refractivity contribution in [2.45, 2.75) is 12.9 Å². The van der Waals surface area contributed by atoms with Gasteiger partial charge in [-0.1, -0.05) is 24.3 Å². The van der Waals surface area contributed by atoms with Gasteiger partial charge in [-0.2, -0.15) is 0 Å². The van der Waals surface area contributed by atoms with Gasteiger partial charge in [0.1, 0.15) is 11.6 Å². The Kier molecular flexibility index (Phi) is 5.80. The summed E-state index contributed by atoms with van der Waals surface area (Å²) in [5.74, 6) is -1.04. The standard InChI is InChI=1S/C18H15F4NO2/c1-23(17(24)10-7-13-3-2-4-15(19)11-13)12-14-5-8-16(9-6-14)25-18(20,21)22/h2-11H,12H2,1H3/b10-7+. The van der Waals surface area contributed by atoms with Crippen LogP contribution in [0.5, 0.6) is 5.75 Å². The summed E-state index contributed by atoms with van der Waals surface area (Å²) in [7, 11) is 1.55. The topological polar surface area (TPSA) is 29.5 Å². The van der Waals surface area contributed by atoms with E-state index in [1.54, 1.807) is 13.1 Å². The van der Waals surface area contributed by atoms with Gasteiger partial charge >= 0.3 is 6.36 Å². The molecule has 0 heterocycles. The summed E-state index contributed by atoms with van der Waals surface area (Å²) < 4.78 is 53.2. The van der Waals surface area contributed by atoms with Crippen molar-refractivity contribution in [2.75, 3.05) is 7.05 Å². The van der Waals surface area contributed by atoms with Crippen LogP contribution in [-0.2, 0) is 11.3 Å². The fraction of sp³-hybridized carbons (Fsp3) is 0.167. The number of halogens is 4. The molecule has 0 unspecified atom stereocenters. The van der Waals surface area contributed by atoms with Crippen LogP contribution in [0.2, 0.25) is 0 Å². The third-order valence-electron chi connectivity index (χ3n) is 3.22. The molecule has 0 aliphatic rings. The summed E-state index contributed by atoms with van der Waals surface area (Å²) in [6.45, 7) is 0.207. The number of alkyl halides is 3. The molecule has 0 aliphatic heterocycles. The van der Waals surface area contributed by atoms with Gasteiger partial charge in [0, 0.05) is 19.7 Å². The van der Waals surface area contributed by atoms with Crippen LogP contribution in [0.25, 0.3) is 6.08 Å². The highest BCUT2D eigenvalue weighted by Crippen LogP contribution is 2.23. The maximum atomic E-state index is 13.1. The first kappa shape index (κ1) is 18.5. The molecule has 1 amide bonds. The van der Waals surface area contributed by atoms with Crippen molar-refractivity contribution in [1.29, 1.82) is 0 Å². The number of hydrogen-bond donors (Lipinski definition) is 0. The normalized spacial score (nSPS) is 11.6. The third kappa shape index (κ3) is 6.29. The van der Waals surface area contributed by atoms with Gasteiger partial charge in [-0.05, 0) is 41.5 Å². The lowest BCUT2D eigenvalue weighted by Crippen LogP contribution is -2.24. The number of amides is 1. The summed E-state index contributed by atoms with van der Waals surface area (Å²) in [5, 5.41) is 0. The SMILES string of the molecule is CN(Cc1ccc(OC(F)(F)F)cc1)C(=O)/C=C/c1cccc(F)c1. The van der Waals surface area contributed by atoms with Crippen molar-refractivity contribution in [3.63, 3.8) is 0 Å². The predicted octanol–water partition coefficient (Wildman–Crippen LogP) is 4.40. The maximum Gasteiger partial charge on any atom is 0.573 e. The van der Waals surface area contributed by atoms with Gasteiger partial charge in [0.25, 0.3) is 0 Å². The molecule has 132 valence electrons. The Balaban J connectivity index is 1.94. The number of benzene rings is 2. The van der Waals surface area contributed by atoms with E-state index < -0.39 is 12.2 Å². The Bertz CT molecular complexity index is 754. The molecule has 0 N–H and O–H groups in total. The zero-order valence-corrected chi connectivity index (χ0v) is 13.3. The molecule has 0 saturated carbocycles. The highest BCUT2D eigenvalue weighted by molar-refractivity contribution is 5.91. The van der Waals surface area contributed by atoms with Gasteiger partial charge in [-0.3, -0.25) is 4.79 Å². The van der Waals surface area contributed by atoms with Crippen molar-refractivity contribution in [3.05, 3.63) is 71.6 Å². The van der Waals surface area contributed by atoms with Crippen molar-refractivity contribution < 1.29 is 27.1 Å². The molecule has 3 nitrogen and oxygen atoms in total. The van der Waals surface area contributed by atoms with Gasteiger partial charge in [0.15, 0.2) is 0 Å². The molecule has 0 saturated heterocycles. The molecule has 0 fully saturated rings. The molecular formula is C18H15F4NO2. The van der Waals surface area contributed by atoms with Crippen LogP contribution < -0.4 is 4.74 Å². The highest BCUT2D eigenvalue weighted by atomic mass is 19.4. The number of nitrogens with zero attached hydrogens (tertiary/aromatic N) is 1. The van der Waals surface area contributed by atoms with E-state index in [0.29, 0.717) is 11.1 Å². The smallest absolute Gasteiger partial charge is 0.406 e. The molecule has 2 aromatic carbocycles. The number of carbonyl (C=O) groups excluding carboxylic acids is 1. The Labute approximate surface area is 142 Å². The van der Waals surface area contributed by atoms with Crippen LogP contribution in [-0.4, -0.2) is 24.2 Å². The average Bonchev–Trinajstić information content (AvgIpc) is 2.53. The molecule has 0 spiro atoms. The predicted molar refractivity (Wildman–Crippen MR) is 85.0 cm³/mol. The van der Waals surface area contributed by atoms with Crippen molar-refractivity contribution >= 4 is 12.0 Å². The quantitative estimate of drug-likeness (QED) is 0.589. The Morgan fingerprint density at radius 3 is 2.44 bits per heavy atom. The Morgan fingerprint density at radius 2 is 1.84 bits per heavy atom. The second-order valence-corrected chi connectivity index (χ2v) is 5.27. The minimum atomic E-state index is -4.74. The second-order valence-electron chi connectivity index (χ2n) is 5.27. The first-order valence-corrected chi connectivity index (χ1v) is 7.26. The summed E-state index contributed by atoms with van der Waals surface area (Å²) in [5.41, 5.74) is 1.19. The van der Waals surface area contributed by atoms with E-state index in [4.69, 9.17) is 0 Å². The minimum absolute atomic E-state index is 0.207. The zero-order valence-electron chi connectivity index (χ0n) is 13.3. The molecule has 2 aromatic rings. The van der Waals surface area contributed by atoms with E-state index in [2.05, 4.69) is 4.74 Å². The summed E-state index contributed by atoms with van der Waals surface area (Å²) >= 11 is 0. The first-order chi connectivity index (χ1) is 11.7. The second kappa shape index (κ2) is 7.83. The summed E-state index contributed by atoms with van der Waals surface area (Å²) in [4.78, 5) is 13.4. The van der Waals surface area contributed by atoms with Crippen LogP contribution in [0.3, 0.4) is 0 Å². The average molecular weight is 353 g/mol. The lowest BCUT2D eigenvalue weighted by molar-refractivity contribution is -0.274. The fourth-order valence-corrected chi connectivity index (χ4v) is 2.05. The number of likely N-dealkylation sites (N-methyl/N-ethyl adjacent to an activating group) is 1. The minimum Gasteiger partial charge on any atom is -0.406 e. The van der Waals surface area contributed by atoms with Crippen LogP contribution in [0.1, 0.15) is 11.1 Å². The van der Waals surface area contributed by atoms with Crippen molar-refractivity contribution in [3.8, 4) is 5.75 Å². The summed E-state index contributed by atoms with van der Waals surface area (Å²) in [6, 6.07) is 11.1. The van der Waals surface area contributed by atoms with E-state index in [-0.39, 0.29) is 18.2 Å². The fourth-order valence-electron chi connectivity index (χ4n) is 2.05. The van der Waals surface area contributed by atoms with E-state index >= 15 is 0 Å². The molecule has 7 heteroatoms. The van der Waals surface area contributed by atoms with E-state index in [9.17, 15) is 22.4 Å². The van der Waals surface area contributed by atoms with Gasteiger partial charge in [-0.25, -0.2) is 4.39 Å². The molecule has 0 atom stereocenters. The molecule has 25 heavy (non-hydrogen) atoms. The molecule has 0 bridgehead atoms. The van der Waals surface area contributed by atoms with Gasteiger partial charge in [0.2, 0.25) is 5.91 Å². The Morgan fingerprint density at radius 1 is 1.16 bits per heavy atom. The van der Waals surface area contributed by atoms with Crippen molar-refractivity contribution in [1.82, 2.24) is 4.90 Å². The molecule has 2 rings (SSSR count). The van der Waals surface area contributed by atoms with Gasteiger partial charge in [0.05, 0.1) is 0 Å². The Hall–Kier alpha value is -2.83. The van der Waals surface area contributed by atoms with E-state index in [1.807, 2.05) is 0 Å². The van der Waals surface area contributed by atoms with Crippen LogP contribution >= 0.6 is 0 Å². The molecule has 0 aromatic heterocycles. The lowest BCUT2D eigenvalue weighted by atomic mass is 10.2. The molecule has 0 radical (unpaired) electrons. The molecule has 0 aliphatic carbocycles. The van der Waals surface area contributed by atoms with E-state index in [0.717, 1.165) is 0 Å². The van der Waals surface area contributed by atoms with Gasteiger partial charge in [-0.15, -0.1) is 13.2 Å². The van der Waals surface area contributed by atoms with Gasteiger partial charge < -0.3 is 9.64 Å². The van der Waals surface area contributed by atoms with Crippen LogP contribution in [0.15, 0.2) is 54.6 Å². The van der Waals surface area contributed by atoms with Crippen LogP contribution in [0, 0.1) is 5.82 Å². The lowest BCUT2D eigenvalue weighted by Gasteiger charge is -2.16. The van der Waals surface area contributed by atoms with Crippen molar-refractivity contribution in [2.24, 2.45) is 0 Å². The van der Waals surface area contributed by atoms with Crippen LogP contribution in [0.4, 0.5) is 17.6 Å². The largest absolute Gasteiger partial charge is 0.573 e. The number of ether oxygens (including phenoxy) is 1. The molecular weight excluding hydrogens is 338 g/mol. The number of hydrogen-bond acceptors (Lipinski definition) is 2. The number of rotatable bonds is 5. The highest BCUT2D eigenvalue weighted by Gasteiger charge is 2.30. The summed E-state index contributed by atoms with van der Waals surface area (Å²) in [6.07, 6.45) is -1.95.